The molecule has 2 aromatic heterocycles. The zero-order valence-electron chi connectivity index (χ0n) is 12.8. The summed E-state index contributed by atoms with van der Waals surface area (Å²) in [6.07, 6.45) is 5.48. The minimum atomic E-state index is -3.45. The zero-order valence-corrected chi connectivity index (χ0v) is 13.6. The number of nitrogens with zero attached hydrogens (tertiary/aromatic N) is 4. The van der Waals surface area contributed by atoms with Gasteiger partial charge in [0.25, 0.3) is 5.91 Å². The predicted molar refractivity (Wildman–Crippen MR) is 79.5 cm³/mol. The van der Waals surface area contributed by atoms with E-state index in [1.807, 2.05) is 0 Å². The first-order valence-electron chi connectivity index (χ1n) is 6.98. The topological polar surface area (TPSA) is 110 Å². The lowest BCUT2D eigenvalue weighted by molar-refractivity contribution is -0.00468. The number of aromatic amines is 1. The van der Waals surface area contributed by atoms with Crippen molar-refractivity contribution >= 4 is 15.7 Å². The Morgan fingerprint density at radius 1 is 1.43 bits per heavy atom. The zero-order chi connectivity index (χ0) is 16.6. The number of aryl methyl sites for hydroxylation is 1. The third-order valence-corrected chi connectivity index (χ3v) is 4.83. The van der Waals surface area contributed by atoms with Gasteiger partial charge in [0, 0.05) is 26.0 Å². The first-order chi connectivity index (χ1) is 10.9. The van der Waals surface area contributed by atoms with Crippen LogP contribution >= 0.6 is 0 Å². The fourth-order valence-corrected chi connectivity index (χ4v) is 3.43. The highest BCUT2D eigenvalue weighted by atomic mass is 32.2. The molecule has 1 atom stereocenters. The molecule has 3 rings (SSSR count). The van der Waals surface area contributed by atoms with E-state index in [9.17, 15) is 13.2 Å². The molecule has 1 saturated heterocycles. The summed E-state index contributed by atoms with van der Waals surface area (Å²) in [5.74, 6) is -0.222. The number of ether oxygens (including phenoxy) is 1. The van der Waals surface area contributed by atoms with Gasteiger partial charge in [-0.15, -0.1) is 0 Å². The van der Waals surface area contributed by atoms with Gasteiger partial charge in [0.1, 0.15) is 4.90 Å². The number of hydrogen-bond donors (Lipinski definition) is 1. The molecule has 1 fully saturated rings. The van der Waals surface area contributed by atoms with Crippen LogP contribution < -0.4 is 0 Å². The van der Waals surface area contributed by atoms with Crippen molar-refractivity contribution in [1.82, 2.24) is 24.9 Å². The lowest BCUT2D eigenvalue weighted by Crippen LogP contribution is -2.43. The standard InChI is InChI=1S/C13H17N5O4S/c1-17-7-9(5-15-17)13(19)18-3-4-22-8-10(18)12-11(6-14-16-12)23(2,20)21/h5-7,10H,3-4,8H2,1-2H3,(H,14,16)/t10-/m1/s1. The number of aromatic nitrogens is 4. The molecule has 124 valence electrons. The number of H-pyrrole nitrogens is 1. The number of amides is 1. The van der Waals surface area contributed by atoms with E-state index >= 15 is 0 Å². The van der Waals surface area contributed by atoms with Gasteiger partial charge in [-0.1, -0.05) is 0 Å². The summed E-state index contributed by atoms with van der Waals surface area (Å²) in [6.45, 7) is 0.960. The maximum atomic E-state index is 12.7. The van der Waals surface area contributed by atoms with Crippen LogP contribution in [-0.4, -0.2) is 65.2 Å². The molecule has 0 bridgehead atoms. The van der Waals surface area contributed by atoms with Crippen LogP contribution in [0.1, 0.15) is 22.1 Å². The molecule has 1 aliphatic heterocycles. The van der Waals surface area contributed by atoms with Crippen LogP contribution in [0.25, 0.3) is 0 Å². The van der Waals surface area contributed by atoms with E-state index in [1.165, 1.54) is 12.4 Å². The minimum Gasteiger partial charge on any atom is -0.377 e. The molecule has 1 aliphatic rings. The molecule has 0 radical (unpaired) electrons. The number of sulfone groups is 1. The van der Waals surface area contributed by atoms with Crippen LogP contribution in [0.3, 0.4) is 0 Å². The van der Waals surface area contributed by atoms with Crippen molar-refractivity contribution in [3.05, 3.63) is 29.8 Å². The molecule has 0 aromatic carbocycles. The van der Waals surface area contributed by atoms with E-state index in [-0.39, 0.29) is 17.4 Å². The fraction of sp³-hybridized carbons (Fsp3) is 0.462. The van der Waals surface area contributed by atoms with Crippen molar-refractivity contribution in [2.45, 2.75) is 10.9 Å². The van der Waals surface area contributed by atoms with Crippen LogP contribution in [0.4, 0.5) is 0 Å². The molecule has 1 amide bonds. The Morgan fingerprint density at radius 2 is 2.22 bits per heavy atom. The highest BCUT2D eigenvalue weighted by Gasteiger charge is 2.34. The smallest absolute Gasteiger partial charge is 0.257 e. The molecule has 0 unspecified atom stereocenters. The van der Waals surface area contributed by atoms with Gasteiger partial charge in [-0.3, -0.25) is 14.6 Å². The average Bonchev–Trinajstić information content (AvgIpc) is 3.14. The lowest BCUT2D eigenvalue weighted by atomic mass is 10.1. The summed E-state index contributed by atoms with van der Waals surface area (Å²) >= 11 is 0. The highest BCUT2D eigenvalue weighted by molar-refractivity contribution is 7.90. The number of morpholine rings is 1. The SMILES string of the molecule is Cn1cc(C(=O)N2CCOC[C@@H]2c2[nH]ncc2S(C)(=O)=O)cn1. The van der Waals surface area contributed by atoms with Gasteiger partial charge in [0.05, 0.1) is 42.9 Å². The molecule has 3 heterocycles. The number of carbonyl (C=O) groups is 1. The Balaban J connectivity index is 1.97. The van der Waals surface area contributed by atoms with Gasteiger partial charge in [0.2, 0.25) is 0 Å². The van der Waals surface area contributed by atoms with E-state index < -0.39 is 15.9 Å². The molecule has 0 spiro atoms. The normalized spacial score (nSPS) is 19.0. The Hall–Kier alpha value is -2.20. The van der Waals surface area contributed by atoms with Crippen molar-refractivity contribution in [2.24, 2.45) is 7.05 Å². The molecule has 10 heteroatoms. The molecule has 23 heavy (non-hydrogen) atoms. The second-order valence-electron chi connectivity index (χ2n) is 5.41. The average molecular weight is 339 g/mol. The van der Waals surface area contributed by atoms with Crippen LogP contribution in [0.15, 0.2) is 23.5 Å². The molecular formula is C13H17N5O4S. The predicted octanol–water partition coefficient (Wildman–Crippen LogP) is -0.240. The van der Waals surface area contributed by atoms with Crippen LogP contribution in [0.5, 0.6) is 0 Å². The molecule has 0 aliphatic carbocycles. The summed E-state index contributed by atoms with van der Waals surface area (Å²) < 4.78 is 30.8. The molecule has 2 aromatic rings. The second-order valence-corrected chi connectivity index (χ2v) is 7.40. The second kappa shape index (κ2) is 5.78. The van der Waals surface area contributed by atoms with Crippen molar-refractivity contribution in [3.8, 4) is 0 Å². The van der Waals surface area contributed by atoms with Crippen LogP contribution in [0, 0.1) is 0 Å². The number of nitrogens with one attached hydrogen (secondary N) is 1. The van der Waals surface area contributed by atoms with Crippen LogP contribution in [0.2, 0.25) is 0 Å². The van der Waals surface area contributed by atoms with Gasteiger partial charge in [-0.25, -0.2) is 8.42 Å². The van der Waals surface area contributed by atoms with E-state index in [0.717, 1.165) is 6.26 Å². The molecule has 0 saturated carbocycles. The number of rotatable bonds is 3. The summed E-state index contributed by atoms with van der Waals surface area (Å²) in [4.78, 5) is 14.4. The number of hydrogen-bond acceptors (Lipinski definition) is 6. The Bertz CT molecular complexity index is 825. The van der Waals surface area contributed by atoms with E-state index in [2.05, 4.69) is 15.3 Å². The van der Waals surface area contributed by atoms with E-state index in [1.54, 1.807) is 22.8 Å². The molecular weight excluding hydrogens is 322 g/mol. The minimum absolute atomic E-state index is 0.0805. The summed E-state index contributed by atoms with van der Waals surface area (Å²) in [6, 6.07) is -0.538. The van der Waals surface area contributed by atoms with Crippen molar-refractivity contribution in [3.63, 3.8) is 0 Å². The lowest BCUT2D eigenvalue weighted by Gasteiger charge is -2.35. The summed E-state index contributed by atoms with van der Waals surface area (Å²) in [5, 5.41) is 10.5. The molecule has 1 N–H and O–H groups in total. The maximum absolute atomic E-state index is 12.7. The Kier molecular flexibility index (Phi) is 3.94. The van der Waals surface area contributed by atoms with Gasteiger partial charge in [0.15, 0.2) is 9.84 Å². The van der Waals surface area contributed by atoms with Gasteiger partial charge >= 0.3 is 0 Å². The highest BCUT2D eigenvalue weighted by Crippen LogP contribution is 2.29. The maximum Gasteiger partial charge on any atom is 0.257 e. The quantitative estimate of drug-likeness (QED) is 0.826. The summed E-state index contributed by atoms with van der Waals surface area (Å²) in [5.41, 5.74) is 0.810. The van der Waals surface area contributed by atoms with Crippen molar-refractivity contribution < 1.29 is 17.9 Å². The van der Waals surface area contributed by atoms with Crippen molar-refractivity contribution in [1.29, 1.82) is 0 Å². The fourth-order valence-electron chi connectivity index (χ4n) is 2.60. The van der Waals surface area contributed by atoms with E-state index in [4.69, 9.17) is 4.74 Å². The Labute approximate surface area is 133 Å². The van der Waals surface area contributed by atoms with E-state index in [0.29, 0.717) is 24.4 Å². The van der Waals surface area contributed by atoms with Gasteiger partial charge in [-0.2, -0.15) is 10.2 Å². The van der Waals surface area contributed by atoms with Crippen molar-refractivity contribution in [2.75, 3.05) is 26.0 Å². The molecule has 9 nitrogen and oxygen atoms in total. The monoisotopic (exact) mass is 339 g/mol. The van der Waals surface area contributed by atoms with Crippen LogP contribution in [-0.2, 0) is 21.6 Å². The first kappa shape index (κ1) is 15.7. The third-order valence-electron chi connectivity index (χ3n) is 3.71. The Morgan fingerprint density at radius 3 is 2.87 bits per heavy atom. The van der Waals surface area contributed by atoms with Gasteiger partial charge in [-0.05, 0) is 0 Å². The third kappa shape index (κ3) is 2.99. The largest absolute Gasteiger partial charge is 0.377 e. The summed E-state index contributed by atoms with van der Waals surface area (Å²) in [7, 11) is -1.73. The van der Waals surface area contributed by atoms with Gasteiger partial charge < -0.3 is 9.64 Å². The number of carbonyl (C=O) groups excluding carboxylic acids is 1. The first-order valence-corrected chi connectivity index (χ1v) is 8.87.